The maximum atomic E-state index is 13.5. The average Bonchev–Trinajstić information content (AvgIpc) is 2.42. The first kappa shape index (κ1) is 15.4. The van der Waals surface area contributed by atoms with Gasteiger partial charge in [0, 0.05) is 6.07 Å². The van der Waals surface area contributed by atoms with Gasteiger partial charge in [0.15, 0.2) is 5.11 Å². The van der Waals surface area contributed by atoms with Crippen molar-refractivity contribution in [3.05, 3.63) is 65.2 Å². The molecule has 0 saturated carbocycles. The standard InChI is InChI=1S/C16H16F2N2S/c1-10-5-3-4-6-13(10)11(2)19-16(21)20-15-8-7-12(17)9-14(15)18/h3-9,11H,1-2H3,(H2,19,20,21)/t11-/m1/s1. The predicted molar refractivity (Wildman–Crippen MR) is 85.3 cm³/mol. The van der Waals surface area contributed by atoms with E-state index in [0.717, 1.165) is 17.2 Å². The Balaban J connectivity index is 2.03. The zero-order chi connectivity index (χ0) is 15.4. The molecule has 0 aromatic heterocycles. The normalized spacial score (nSPS) is 11.8. The highest BCUT2D eigenvalue weighted by Crippen LogP contribution is 2.18. The van der Waals surface area contributed by atoms with Crippen molar-refractivity contribution in [3.63, 3.8) is 0 Å². The Morgan fingerprint density at radius 2 is 1.86 bits per heavy atom. The molecule has 2 aromatic carbocycles. The van der Waals surface area contributed by atoms with Crippen molar-refractivity contribution in [1.29, 1.82) is 0 Å². The van der Waals surface area contributed by atoms with Gasteiger partial charge < -0.3 is 10.6 Å². The van der Waals surface area contributed by atoms with E-state index in [1.54, 1.807) is 0 Å². The Hall–Kier alpha value is -2.01. The summed E-state index contributed by atoms with van der Waals surface area (Å²) in [6.45, 7) is 3.99. The van der Waals surface area contributed by atoms with Crippen molar-refractivity contribution < 1.29 is 8.78 Å². The van der Waals surface area contributed by atoms with E-state index < -0.39 is 11.6 Å². The lowest BCUT2D eigenvalue weighted by Crippen LogP contribution is -2.31. The smallest absolute Gasteiger partial charge is 0.171 e. The van der Waals surface area contributed by atoms with E-state index in [-0.39, 0.29) is 16.8 Å². The van der Waals surface area contributed by atoms with Crippen LogP contribution in [0.1, 0.15) is 24.1 Å². The molecule has 110 valence electrons. The van der Waals surface area contributed by atoms with Crippen LogP contribution in [0.4, 0.5) is 14.5 Å². The second kappa shape index (κ2) is 6.63. The molecule has 0 heterocycles. The molecule has 2 aromatic rings. The number of hydrogen-bond acceptors (Lipinski definition) is 1. The van der Waals surface area contributed by atoms with E-state index in [1.165, 1.54) is 12.1 Å². The second-order valence-corrected chi connectivity index (χ2v) is 5.21. The molecule has 5 heteroatoms. The molecule has 2 nitrogen and oxygen atoms in total. The molecule has 0 amide bonds. The van der Waals surface area contributed by atoms with Crippen LogP contribution >= 0.6 is 12.2 Å². The summed E-state index contributed by atoms with van der Waals surface area (Å²) in [6, 6.07) is 11.2. The van der Waals surface area contributed by atoms with Crippen molar-refractivity contribution in [1.82, 2.24) is 5.32 Å². The summed E-state index contributed by atoms with van der Waals surface area (Å²) in [5.74, 6) is -1.30. The van der Waals surface area contributed by atoms with Gasteiger partial charge in [-0.25, -0.2) is 8.78 Å². The second-order valence-electron chi connectivity index (χ2n) is 4.80. The third-order valence-electron chi connectivity index (χ3n) is 3.18. The summed E-state index contributed by atoms with van der Waals surface area (Å²) < 4.78 is 26.4. The van der Waals surface area contributed by atoms with Gasteiger partial charge in [-0.3, -0.25) is 0 Å². The van der Waals surface area contributed by atoms with E-state index in [4.69, 9.17) is 12.2 Å². The molecule has 0 aliphatic heterocycles. The number of halogens is 2. The van der Waals surface area contributed by atoms with Crippen LogP contribution in [0.3, 0.4) is 0 Å². The van der Waals surface area contributed by atoms with E-state index in [2.05, 4.69) is 10.6 Å². The van der Waals surface area contributed by atoms with Gasteiger partial charge in [0.1, 0.15) is 11.6 Å². The van der Waals surface area contributed by atoms with Crippen LogP contribution in [0.5, 0.6) is 0 Å². The zero-order valence-corrected chi connectivity index (χ0v) is 12.6. The van der Waals surface area contributed by atoms with Gasteiger partial charge in [0.2, 0.25) is 0 Å². The molecule has 0 bridgehead atoms. The first-order valence-electron chi connectivity index (χ1n) is 6.55. The number of benzene rings is 2. The Bertz CT molecular complexity index is 658. The molecular weight excluding hydrogens is 290 g/mol. The molecule has 0 aliphatic carbocycles. The fourth-order valence-electron chi connectivity index (χ4n) is 2.10. The lowest BCUT2D eigenvalue weighted by atomic mass is 10.0. The van der Waals surface area contributed by atoms with Crippen LogP contribution in [0, 0.1) is 18.6 Å². The summed E-state index contributed by atoms with van der Waals surface area (Å²) in [4.78, 5) is 0. The molecule has 0 fully saturated rings. The third-order valence-corrected chi connectivity index (χ3v) is 3.40. The van der Waals surface area contributed by atoms with Crippen molar-refractivity contribution >= 4 is 23.0 Å². The van der Waals surface area contributed by atoms with Gasteiger partial charge in [0.25, 0.3) is 0 Å². The highest BCUT2D eigenvalue weighted by Gasteiger charge is 2.10. The van der Waals surface area contributed by atoms with E-state index >= 15 is 0 Å². The van der Waals surface area contributed by atoms with Crippen molar-refractivity contribution in [2.45, 2.75) is 19.9 Å². The largest absolute Gasteiger partial charge is 0.356 e. The number of nitrogens with one attached hydrogen (secondary N) is 2. The molecule has 0 saturated heterocycles. The molecule has 1 atom stereocenters. The number of hydrogen-bond donors (Lipinski definition) is 2. The number of aryl methyl sites for hydroxylation is 1. The highest BCUT2D eigenvalue weighted by atomic mass is 32.1. The van der Waals surface area contributed by atoms with Crippen LogP contribution in [-0.4, -0.2) is 5.11 Å². The Labute approximate surface area is 128 Å². The van der Waals surface area contributed by atoms with Gasteiger partial charge in [0.05, 0.1) is 11.7 Å². The Morgan fingerprint density at radius 1 is 1.14 bits per heavy atom. The van der Waals surface area contributed by atoms with Crippen molar-refractivity contribution in [2.75, 3.05) is 5.32 Å². The molecular formula is C16H16F2N2S. The van der Waals surface area contributed by atoms with Crippen LogP contribution in [0.25, 0.3) is 0 Å². The van der Waals surface area contributed by atoms with Gasteiger partial charge in [-0.1, -0.05) is 24.3 Å². The van der Waals surface area contributed by atoms with Gasteiger partial charge in [-0.15, -0.1) is 0 Å². The van der Waals surface area contributed by atoms with Crippen LogP contribution in [0.2, 0.25) is 0 Å². The van der Waals surface area contributed by atoms with E-state index in [9.17, 15) is 8.78 Å². The summed E-state index contributed by atoms with van der Waals surface area (Å²) in [5, 5.41) is 6.11. The SMILES string of the molecule is Cc1ccccc1[C@@H](C)NC(=S)Nc1ccc(F)cc1F. The quantitative estimate of drug-likeness (QED) is 0.826. The minimum Gasteiger partial charge on any atom is -0.356 e. The van der Waals surface area contributed by atoms with Gasteiger partial charge in [-0.05, 0) is 49.3 Å². The fraction of sp³-hybridized carbons (Fsp3) is 0.188. The first-order chi connectivity index (χ1) is 9.97. The Morgan fingerprint density at radius 3 is 2.52 bits per heavy atom. The van der Waals surface area contributed by atoms with Gasteiger partial charge in [-0.2, -0.15) is 0 Å². The van der Waals surface area contributed by atoms with E-state index in [0.29, 0.717) is 0 Å². The molecule has 0 aliphatic rings. The number of rotatable bonds is 3. The van der Waals surface area contributed by atoms with E-state index in [1.807, 2.05) is 38.1 Å². The summed E-state index contributed by atoms with van der Waals surface area (Å²) >= 11 is 5.17. The lowest BCUT2D eigenvalue weighted by molar-refractivity contribution is 0.586. The number of thiocarbonyl (C=S) groups is 1. The molecule has 0 spiro atoms. The predicted octanol–water partition coefficient (Wildman–Crippen LogP) is 4.32. The monoisotopic (exact) mass is 306 g/mol. The molecule has 2 rings (SSSR count). The summed E-state index contributed by atoms with van der Waals surface area (Å²) in [5.41, 5.74) is 2.40. The number of anilines is 1. The maximum absolute atomic E-state index is 13.5. The topological polar surface area (TPSA) is 24.1 Å². The Kier molecular flexibility index (Phi) is 4.85. The minimum atomic E-state index is -0.678. The molecule has 2 N–H and O–H groups in total. The fourth-order valence-corrected chi connectivity index (χ4v) is 2.38. The van der Waals surface area contributed by atoms with Crippen LogP contribution < -0.4 is 10.6 Å². The molecule has 21 heavy (non-hydrogen) atoms. The summed E-state index contributed by atoms with van der Waals surface area (Å²) in [7, 11) is 0. The first-order valence-corrected chi connectivity index (χ1v) is 6.96. The zero-order valence-electron chi connectivity index (χ0n) is 11.8. The molecule has 0 radical (unpaired) electrons. The van der Waals surface area contributed by atoms with Crippen LogP contribution in [0.15, 0.2) is 42.5 Å². The highest BCUT2D eigenvalue weighted by molar-refractivity contribution is 7.80. The van der Waals surface area contributed by atoms with Crippen molar-refractivity contribution in [3.8, 4) is 0 Å². The maximum Gasteiger partial charge on any atom is 0.171 e. The van der Waals surface area contributed by atoms with Gasteiger partial charge >= 0.3 is 0 Å². The summed E-state index contributed by atoms with van der Waals surface area (Å²) in [6.07, 6.45) is 0. The van der Waals surface area contributed by atoms with Crippen molar-refractivity contribution in [2.24, 2.45) is 0 Å². The minimum absolute atomic E-state index is 0.0188. The third kappa shape index (κ3) is 3.98. The van der Waals surface area contributed by atoms with Crippen LogP contribution in [-0.2, 0) is 0 Å². The average molecular weight is 306 g/mol. The lowest BCUT2D eigenvalue weighted by Gasteiger charge is -2.19. The molecule has 0 unspecified atom stereocenters.